The molecule has 214 valence electrons. The van der Waals surface area contributed by atoms with Crippen molar-refractivity contribution in [2.75, 3.05) is 63.7 Å². The molecule has 3 aromatic rings. The van der Waals surface area contributed by atoms with E-state index in [1.165, 1.54) is 22.6 Å². The fourth-order valence-electron chi connectivity index (χ4n) is 4.10. The molecule has 0 fully saturated rings. The van der Waals surface area contributed by atoms with E-state index in [9.17, 15) is 18.3 Å². The lowest BCUT2D eigenvalue weighted by Gasteiger charge is -2.21. The highest BCUT2D eigenvalue weighted by molar-refractivity contribution is 7.89. The quantitative estimate of drug-likeness (QED) is 0.331. The van der Waals surface area contributed by atoms with E-state index < -0.39 is 15.9 Å². The minimum Gasteiger partial charge on any atom is -0.395 e. The largest absolute Gasteiger partial charge is 0.395 e. The zero-order valence-electron chi connectivity index (χ0n) is 22.1. The Bertz CT molecular complexity index is 1390. The summed E-state index contributed by atoms with van der Waals surface area (Å²) in [5, 5.41) is 15.5. The fourth-order valence-corrected chi connectivity index (χ4v) is 5.57. The van der Waals surface area contributed by atoms with Crippen molar-refractivity contribution in [3.63, 3.8) is 0 Å². The number of rotatable bonds is 2. The van der Waals surface area contributed by atoms with Gasteiger partial charge in [-0.15, -0.1) is 0 Å². The van der Waals surface area contributed by atoms with Crippen LogP contribution >= 0.6 is 0 Å². The minimum absolute atomic E-state index is 0.0162. The van der Waals surface area contributed by atoms with Gasteiger partial charge >= 0.3 is 0 Å². The number of carbonyl (C=O) groups is 1. The van der Waals surface area contributed by atoms with Gasteiger partial charge in [0.05, 0.1) is 49.8 Å². The number of fused-ring (bicyclic) bond motifs is 15. The predicted molar refractivity (Wildman–Crippen MR) is 150 cm³/mol. The van der Waals surface area contributed by atoms with E-state index in [2.05, 4.69) is 20.6 Å². The lowest BCUT2D eigenvalue weighted by atomic mass is 10.1. The maximum Gasteiger partial charge on any atom is 0.278 e. The van der Waals surface area contributed by atoms with Gasteiger partial charge in [-0.1, -0.05) is 24.3 Å². The molecule has 0 atom stereocenters. The van der Waals surface area contributed by atoms with Crippen LogP contribution in [0, 0.1) is 0 Å². The second-order valence-electron chi connectivity index (χ2n) is 9.06. The zero-order valence-corrected chi connectivity index (χ0v) is 22.9. The van der Waals surface area contributed by atoms with E-state index in [-0.39, 0.29) is 36.1 Å². The zero-order chi connectivity index (χ0) is 28.4. The number of nitrogens with one attached hydrogen (secondary N) is 2. The first-order valence-corrected chi connectivity index (χ1v) is 14.4. The average Bonchev–Trinajstić information content (AvgIpc) is 2.95. The minimum atomic E-state index is -3.84. The molecule has 0 saturated carbocycles. The first kappa shape index (κ1) is 29.5. The van der Waals surface area contributed by atoms with Crippen LogP contribution in [0.1, 0.15) is 22.5 Å². The van der Waals surface area contributed by atoms with E-state index >= 15 is 0 Å². The number of amides is 1. The first-order chi connectivity index (χ1) is 19.4. The maximum atomic E-state index is 13.3. The van der Waals surface area contributed by atoms with Crippen LogP contribution in [-0.2, 0) is 26.1 Å². The lowest BCUT2D eigenvalue weighted by molar-refractivity contribution is 0.0416. The Morgan fingerprint density at radius 2 is 1.85 bits per heavy atom. The highest BCUT2D eigenvalue weighted by Gasteiger charge is 2.24. The number of nitrogen functional groups attached to an aromatic ring is 1. The van der Waals surface area contributed by atoms with Crippen molar-refractivity contribution in [2.45, 2.75) is 17.9 Å². The molecule has 5 rings (SSSR count). The summed E-state index contributed by atoms with van der Waals surface area (Å²) in [6, 6.07) is 13.4. The van der Waals surface area contributed by atoms with E-state index in [1.807, 2.05) is 12.1 Å². The summed E-state index contributed by atoms with van der Waals surface area (Å²) in [7, 11) is -3.84. The molecule has 1 aromatic heterocycles. The van der Waals surface area contributed by atoms with Crippen LogP contribution in [0.25, 0.3) is 11.3 Å². The van der Waals surface area contributed by atoms with Crippen LogP contribution in [0.3, 0.4) is 0 Å². The van der Waals surface area contributed by atoms with Gasteiger partial charge in [-0.2, -0.15) is 4.31 Å². The molecular formula is C27H34N6O6S. The van der Waals surface area contributed by atoms with Crippen molar-refractivity contribution >= 4 is 27.4 Å². The Hall–Kier alpha value is -3.46. The molecule has 3 heterocycles. The molecular weight excluding hydrogens is 536 g/mol. The molecule has 13 heteroatoms. The second kappa shape index (κ2) is 14.3. The lowest BCUT2D eigenvalue weighted by Crippen LogP contribution is -2.36. The average molecular weight is 571 g/mol. The van der Waals surface area contributed by atoms with Gasteiger partial charge in [-0.05, 0) is 42.8 Å². The Labute approximate surface area is 233 Å². The summed E-state index contributed by atoms with van der Waals surface area (Å²) in [6.07, 6.45) is 1.99. The van der Waals surface area contributed by atoms with E-state index in [1.54, 1.807) is 24.3 Å². The standard InChI is InChI=1S/C27H34N6O6S/c28-26-25-27(35)31-22-4-1-3-20(17-22)19-39-16-15-38-14-10-29-9-2-11-33(12-13-34)40(36,37)23-7-5-21(6-8-23)24(32-25)18-30-26/h1,3-8,17-18,29,34H,2,9-16,19H2,(H2,28,30)(H,31,35). The normalized spacial score (nSPS) is 17.9. The number of aliphatic hydroxyl groups is 1. The molecule has 6 bridgehead atoms. The molecule has 12 nitrogen and oxygen atoms in total. The molecule has 2 aliphatic heterocycles. The highest BCUT2D eigenvalue weighted by Crippen LogP contribution is 2.23. The van der Waals surface area contributed by atoms with Crippen molar-refractivity contribution in [2.24, 2.45) is 0 Å². The van der Waals surface area contributed by atoms with Gasteiger partial charge in [0.25, 0.3) is 5.91 Å². The van der Waals surface area contributed by atoms with Crippen molar-refractivity contribution < 1.29 is 27.8 Å². The molecule has 40 heavy (non-hydrogen) atoms. The molecule has 2 aromatic carbocycles. The third-order valence-corrected chi connectivity index (χ3v) is 8.08. The third kappa shape index (κ3) is 7.81. The molecule has 0 radical (unpaired) electrons. The van der Waals surface area contributed by atoms with Gasteiger partial charge in [0.1, 0.15) is 0 Å². The van der Waals surface area contributed by atoms with Crippen molar-refractivity contribution in [3.05, 3.63) is 66.0 Å². The number of nitrogens with two attached hydrogens (primary N) is 1. The van der Waals surface area contributed by atoms with Gasteiger partial charge in [0, 0.05) is 30.9 Å². The number of hydrogen-bond donors (Lipinski definition) is 4. The molecule has 5 N–H and O–H groups in total. The van der Waals surface area contributed by atoms with E-state index in [0.29, 0.717) is 62.9 Å². The molecule has 0 spiro atoms. The maximum absolute atomic E-state index is 13.3. The summed E-state index contributed by atoms with van der Waals surface area (Å²) in [5.74, 6) is -0.567. The number of carbonyl (C=O) groups excluding carboxylic acids is 1. The molecule has 0 unspecified atom stereocenters. The van der Waals surface area contributed by atoms with Crippen LogP contribution in [0.5, 0.6) is 0 Å². The number of hydrogen-bond acceptors (Lipinski definition) is 10. The number of anilines is 2. The van der Waals surface area contributed by atoms with E-state index in [0.717, 1.165) is 5.56 Å². The highest BCUT2D eigenvalue weighted by atomic mass is 32.2. The summed E-state index contributed by atoms with van der Waals surface area (Å²) in [6.45, 7) is 2.82. The number of aliphatic hydroxyl groups excluding tert-OH is 1. The molecule has 1 amide bonds. The molecule has 0 saturated heterocycles. The molecule has 2 aliphatic rings. The SMILES string of the molecule is Nc1ncc2nc1C(=O)Nc1cccc(c1)COCCOCCNCCCN(CCO)S(=O)(=O)c1ccc-2cc1. The Kier molecular flexibility index (Phi) is 10.5. The number of benzene rings is 2. The number of nitrogens with zero attached hydrogens (tertiary/aromatic N) is 3. The topological polar surface area (TPSA) is 169 Å². The smallest absolute Gasteiger partial charge is 0.278 e. The van der Waals surface area contributed by atoms with Gasteiger partial charge in [0.2, 0.25) is 10.0 Å². The van der Waals surface area contributed by atoms with Crippen molar-refractivity contribution in [1.82, 2.24) is 19.6 Å². The van der Waals surface area contributed by atoms with Gasteiger partial charge < -0.3 is 30.9 Å². The van der Waals surface area contributed by atoms with Crippen LogP contribution < -0.4 is 16.4 Å². The van der Waals surface area contributed by atoms with Gasteiger partial charge in [0.15, 0.2) is 11.5 Å². The van der Waals surface area contributed by atoms with Crippen molar-refractivity contribution in [3.8, 4) is 11.3 Å². The van der Waals surface area contributed by atoms with Gasteiger partial charge in [-0.3, -0.25) is 4.79 Å². The Morgan fingerprint density at radius 3 is 2.65 bits per heavy atom. The van der Waals surface area contributed by atoms with Crippen LogP contribution in [0.15, 0.2) is 59.6 Å². The predicted octanol–water partition coefficient (Wildman–Crippen LogP) is 1.49. The van der Waals surface area contributed by atoms with Crippen LogP contribution in [0.2, 0.25) is 0 Å². The van der Waals surface area contributed by atoms with Crippen molar-refractivity contribution in [1.29, 1.82) is 0 Å². The Balaban J connectivity index is 1.60. The third-order valence-electron chi connectivity index (χ3n) is 6.16. The number of aromatic nitrogens is 2. The van der Waals surface area contributed by atoms with E-state index in [4.69, 9.17) is 15.2 Å². The summed E-state index contributed by atoms with van der Waals surface area (Å²) in [5.41, 5.74) is 8.26. The summed E-state index contributed by atoms with van der Waals surface area (Å²) >= 11 is 0. The van der Waals surface area contributed by atoms with Crippen LogP contribution in [0.4, 0.5) is 11.5 Å². The van der Waals surface area contributed by atoms with Gasteiger partial charge in [-0.25, -0.2) is 18.4 Å². The fraction of sp³-hybridized carbons (Fsp3) is 0.370. The second-order valence-corrected chi connectivity index (χ2v) is 11.0. The monoisotopic (exact) mass is 570 g/mol. The Morgan fingerprint density at radius 1 is 1.05 bits per heavy atom. The first-order valence-electron chi connectivity index (χ1n) is 13.0. The molecule has 0 aliphatic carbocycles. The summed E-state index contributed by atoms with van der Waals surface area (Å²) in [4.78, 5) is 21.6. The number of sulfonamides is 1. The van der Waals surface area contributed by atoms with Crippen LogP contribution in [-0.4, -0.2) is 86.3 Å². The summed E-state index contributed by atoms with van der Waals surface area (Å²) < 4.78 is 39.1. The number of ether oxygens (including phenoxy) is 2.